The Kier molecular flexibility index (Phi) is 4.60. The lowest BCUT2D eigenvalue weighted by molar-refractivity contribution is 0.0690. The Balaban J connectivity index is 1.93. The Hall–Kier alpha value is -2.76. The molecule has 0 spiro atoms. The van der Waals surface area contributed by atoms with E-state index in [0.717, 1.165) is 42.3 Å². The average molecular weight is 521 g/mol. The van der Waals surface area contributed by atoms with Gasteiger partial charge < -0.3 is 5.11 Å². The van der Waals surface area contributed by atoms with Gasteiger partial charge in [-0.25, -0.2) is 9.78 Å². The largest absolute Gasteiger partial charge is 0.477 e. The van der Waals surface area contributed by atoms with Crippen LogP contribution >= 0.6 is 31.9 Å². The molecule has 0 saturated carbocycles. The minimum absolute atomic E-state index is 0.0314. The maximum absolute atomic E-state index is 11.4. The van der Waals surface area contributed by atoms with Crippen LogP contribution in [0.25, 0.3) is 11.1 Å². The Bertz CT molecular complexity index is 1230. The van der Waals surface area contributed by atoms with Gasteiger partial charge in [0.25, 0.3) is 0 Å². The summed E-state index contributed by atoms with van der Waals surface area (Å²) in [5.74, 6) is -1.03. The van der Waals surface area contributed by atoms with Crippen LogP contribution in [0.2, 0.25) is 0 Å². The summed E-state index contributed by atoms with van der Waals surface area (Å²) in [5, 5.41) is 9.34. The number of carboxylic acids is 1. The normalized spacial score (nSPS) is 13.5. The zero-order valence-electron chi connectivity index (χ0n) is 15.6. The van der Waals surface area contributed by atoms with Crippen molar-refractivity contribution >= 4 is 37.8 Å². The summed E-state index contributed by atoms with van der Waals surface area (Å²) in [4.78, 5) is 15.7. The Labute approximate surface area is 190 Å². The second-order valence-electron chi connectivity index (χ2n) is 7.23. The van der Waals surface area contributed by atoms with E-state index in [1.165, 1.54) is 0 Å². The van der Waals surface area contributed by atoms with E-state index >= 15 is 0 Å². The number of hydrogen-bond donors (Lipinski definition) is 1. The number of aromatic carboxylic acids is 1. The van der Waals surface area contributed by atoms with Gasteiger partial charge >= 0.3 is 5.97 Å². The van der Waals surface area contributed by atoms with Crippen LogP contribution < -0.4 is 0 Å². The first kappa shape index (κ1) is 19.2. The topological polar surface area (TPSA) is 50.2 Å². The molecule has 0 saturated heterocycles. The Morgan fingerprint density at radius 2 is 1.37 bits per heavy atom. The highest BCUT2D eigenvalue weighted by Gasteiger charge is 2.46. The van der Waals surface area contributed by atoms with Gasteiger partial charge in [0.15, 0.2) is 0 Å². The molecule has 1 aliphatic carbocycles. The average Bonchev–Trinajstić information content (AvgIpc) is 3.04. The van der Waals surface area contributed by atoms with Crippen LogP contribution in [0.5, 0.6) is 0 Å². The molecule has 1 aromatic heterocycles. The zero-order valence-corrected chi connectivity index (χ0v) is 18.8. The van der Waals surface area contributed by atoms with Crippen molar-refractivity contribution in [3.8, 4) is 11.1 Å². The van der Waals surface area contributed by atoms with Crippen LogP contribution in [-0.4, -0.2) is 16.1 Å². The van der Waals surface area contributed by atoms with E-state index in [9.17, 15) is 9.90 Å². The molecule has 0 bridgehead atoms. The summed E-state index contributed by atoms with van der Waals surface area (Å²) in [7, 11) is 0. The first-order valence-electron chi connectivity index (χ1n) is 9.37. The first-order chi connectivity index (χ1) is 14.5. The molecule has 3 nitrogen and oxygen atoms in total. The fraction of sp³-hybridized carbons (Fsp3) is 0.0400. The van der Waals surface area contributed by atoms with Crippen LogP contribution in [0.3, 0.4) is 0 Å². The number of fused-ring (bicyclic) bond motifs is 3. The molecule has 0 unspecified atom stereocenters. The van der Waals surface area contributed by atoms with Crippen molar-refractivity contribution in [1.29, 1.82) is 0 Å². The summed E-state index contributed by atoms with van der Waals surface area (Å²) in [6.45, 7) is 0. The van der Waals surface area contributed by atoms with Gasteiger partial charge in [-0.2, -0.15) is 0 Å². The molecule has 30 heavy (non-hydrogen) atoms. The van der Waals surface area contributed by atoms with Gasteiger partial charge in [-0.1, -0.05) is 80.4 Å². The molecule has 1 N–H and O–H groups in total. The zero-order chi connectivity index (χ0) is 20.9. The minimum Gasteiger partial charge on any atom is -0.477 e. The van der Waals surface area contributed by atoms with E-state index < -0.39 is 11.4 Å². The van der Waals surface area contributed by atoms with Gasteiger partial charge in [-0.05, 0) is 63.7 Å². The second-order valence-corrected chi connectivity index (χ2v) is 9.06. The highest BCUT2D eigenvalue weighted by Crippen LogP contribution is 2.56. The molecule has 0 atom stereocenters. The van der Waals surface area contributed by atoms with Crippen molar-refractivity contribution in [2.75, 3.05) is 0 Å². The molecule has 146 valence electrons. The standard InChI is InChI=1S/C25H15Br2NO2/c26-17-7-9-19-20-10-8-18(27)13-22(20)25(21(19)12-17,15-4-2-1-3-5-15)16-6-11-23(24(29)30)28-14-16/h1-14H,(H,29,30). The number of benzene rings is 3. The quantitative estimate of drug-likeness (QED) is 0.289. The van der Waals surface area contributed by atoms with Crippen LogP contribution in [0.1, 0.15) is 32.7 Å². The summed E-state index contributed by atoms with van der Waals surface area (Å²) in [6.07, 6.45) is 1.69. The number of pyridine rings is 1. The molecular weight excluding hydrogens is 506 g/mol. The van der Waals surface area contributed by atoms with Crippen molar-refractivity contribution < 1.29 is 9.90 Å². The smallest absolute Gasteiger partial charge is 0.354 e. The predicted molar refractivity (Wildman–Crippen MR) is 124 cm³/mol. The van der Waals surface area contributed by atoms with Gasteiger partial charge in [0.1, 0.15) is 5.69 Å². The summed E-state index contributed by atoms with van der Waals surface area (Å²) in [5.41, 5.74) is 6.05. The lowest BCUT2D eigenvalue weighted by Gasteiger charge is -2.33. The van der Waals surface area contributed by atoms with E-state index in [0.29, 0.717) is 0 Å². The molecule has 3 aromatic carbocycles. The summed E-state index contributed by atoms with van der Waals surface area (Å²) in [6, 6.07) is 26.4. The van der Waals surface area contributed by atoms with Gasteiger partial charge in [0.05, 0.1) is 5.41 Å². The monoisotopic (exact) mass is 519 g/mol. The maximum Gasteiger partial charge on any atom is 0.354 e. The van der Waals surface area contributed by atoms with Crippen LogP contribution in [0.15, 0.2) is 94.0 Å². The molecule has 0 amide bonds. The molecule has 1 aliphatic rings. The molecule has 4 aromatic rings. The van der Waals surface area contributed by atoms with Crippen molar-refractivity contribution in [1.82, 2.24) is 4.98 Å². The molecule has 5 heteroatoms. The van der Waals surface area contributed by atoms with Gasteiger partial charge in [0.2, 0.25) is 0 Å². The minimum atomic E-state index is -1.03. The third-order valence-corrected chi connectivity index (χ3v) is 6.67. The molecule has 1 heterocycles. The van der Waals surface area contributed by atoms with E-state index in [1.807, 2.05) is 24.3 Å². The highest BCUT2D eigenvalue weighted by atomic mass is 79.9. The number of carbonyl (C=O) groups is 1. The molecule has 5 rings (SSSR count). The number of hydrogen-bond acceptors (Lipinski definition) is 2. The summed E-state index contributed by atoms with van der Waals surface area (Å²) < 4.78 is 1.98. The number of nitrogens with zero attached hydrogens (tertiary/aromatic N) is 1. The molecular formula is C25H15Br2NO2. The van der Waals surface area contributed by atoms with Crippen molar-refractivity contribution in [3.05, 3.63) is 122 Å². The molecule has 0 radical (unpaired) electrons. The first-order valence-corrected chi connectivity index (χ1v) is 11.0. The van der Waals surface area contributed by atoms with Crippen molar-refractivity contribution in [2.45, 2.75) is 5.41 Å². The van der Waals surface area contributed by atoms with E-state index in [2.05, 4.69) is 85.4 Å². The fourth-order valence-electron chi connectivity index (χ4n) is 4.49. The van der Waals surface area contributed by atoms with Gasteiger partial charge in [0, 0.05) is 15.1 Å². The number of aromatic nitrogens is 1. The Morgan fingerprint density at radius 1 is 0.767 bits per heavy atom. The lowest BCUT2D eigenvalue weighted by atomic mass is 9.68. The molecule has 0 fully saturated rings. The SMILES string of the molecule is O=C(O)c1ccc(C2(c3ccccc3)c3cc(Br)ccc3-c3ccc(Br)cc32)cn1. The third kappa shape index (κ3) is 2.76. The highest BCUT2D eigenvalue weighted by molar-refractivity contribution is 9.10. The number of rotatable bonds is 3. The van der Waals surface area contributed by atoms with Gasteiger partial charge in [-0.15, -0.1) is 0 Å². The van der Waals surface area contributed by atoms with Gasteiger partial charge in [-0.3, -0.25) is 0 Å². The van der Waals surface area contributed by atoms with E-state index in [4.69, 9.17) is 0 Å². The second kappa shape index (κ2) is 7.18. The lowest BCUT2D eigenvalue weighted by Crippen LogP contribution is -2.29. The predicted octanol–water partition coefficient (Wildman–Crippen LogP) is 6.67. The van der Waals surface area contributed by atoms with E-state index in [-0.39, 0.29) is 5.69 Å². The van der Waals surface area contributed by atoms with Crippen LogP contribution in [0.4, 0.5) is 0 Å². The van der Waals surface area contributed by atoms with Crippen LogP contribution in [0, 0.1) is 0 Å². The summed E-state index contributed by atoms with van der Waals surface area (Å²) >= 11 is 7.30. The number of halogens is 2. The van der Waals surface area contributed by atoms with Crippen molar-refractivity contribution in [3.63, 3.8) is 0 Å². The van der Waals surface area contributed by atoms with Crippen LogP contribution in [-0.2, 0) is 5.41 Å². The molecule has 0 aliphatic heterocycles. The Morgan fingerprint density at radius 3 is 1.87 bits per heavy atom. The fourth-order valence-corrected chi connectivity index (χ4v) is 5.21. The maximum atomic E-state index is 11.4. The third-order valence-electron chi connectivity index (χ3n) is 5.68. The van der Waals surface area contributed by atoms with E-state index in [1.54, 1.807) is 12.3 Å². The van der Waals surface area contributed by atoms with Crippen molar-refractivity contribution in [2.24, 2.45) is 0 Å². The number of carboxylic acid groups (broad SMARTS) is 1.